The third-order valence-electron chi connectivity index (χ3n) is 3.37. The minimum absolute atomic E-state index is 0.155. The zero-order valence-electron chi connectivity index (χ0n) is 10.9. The lowest BCUT2D eigenvalue weighted by Crippen LogP contribution is -2.34. The molecule has 0 saturated carbocycles. The van der Waals surface area contributed by atoms with Crippen molar-refractivity contribution >= 4 is 23.3 Å². The van der Waals surface area contributed by atoms with Crippen molar-refractivity contribution in [2.45, 2.75) is 25.4 Å². The number of carboxylic acid groups (broad SMARTS) is 1. The van der Waals surface area contributed by atoms with E-state index in [1.807, 2.05) is 11.9 Å². The number of hydrogen-bond acceptors (Lipinski definition) is 3. The molecule has 0 amide bonds. The summed E-state index contributed by atoms with van der Waals surface area (Å²) in [6.07, 6.45) is 3.46. The van der Waals surface area contributed by atoms with Crippen LogP contribution in [-0.4, -0.2) is 37.4 Å². The van der Waals surface area contributed by atoms with E-state index in [4.69, 9.17) is 16.3 Å². The molecular formula is C14H18ClNO3. The molecule has 1 atom stereocenters. The van der Waals surface area contributed by atoms with Crippen LogP contribution < -0.4 is 4.90 Å². The van der Waals surface area contributed by atoms with Gasteiger partial charge in [-0.3, -0.25) is 0 Å². The summed E-state index contributed by atoms with van der Waals surface area (Å²) in [7, 11) is 1.87. The number of aromatic carboxylic acids is 1. The van der Waals surface area contributed by atoms with Crippen LogP contribution in [-0.2, 0) is 4.74 Å². The largest absolute Gasteiger partial charge is 0.478 e. The van der Waals surface area contributed by atoms with Crippen LogP contribution >= 0.6 is 11.6 Å². The van der Waals surface area contributed by atoms with E-state index in [2.05, 4.69) is 0 Å². The van der Waals surface area contributed by atoms with E-state index < -0.39 is 5.97 Å². The van der Waals surface area contributed by atoms with Gasteiger partial charge >= 0.3 is 5.97 Å². The first kappa shape index (κ1) is 14.2. The molecule has 1 fully saturated rings. The molecule has 1 saturated heterocycles. The Bertz CT molecular complexity index is 458. The maximum atomic E-state index is 11.3. The highest BCUT2D eigenvalue weighted by atomic mass is 35.5. The van der Waals surface area contributed by atoms with Crippen LogP contribution in [0.25, 0.3) is 0 Å². The molecule has 1 N–H and O–H groups in total. The topological polar surface area (TPSA) is 49.8 Å². The van der Waals surface area contributed by atoms with Gasteiger partial charge in [0.25, 0.3) is 0 Å². The van der Waals surface area contributed by atoms with Crippen molar-refractivity contribution in [2.24, 2.45) is 0 Å². The summed E-state index contributed by atoms with van der Waals surface area (Å²) < 4.78 is 5.68. The Morgan fingerprint density at radius 1 is 1.53 bits per heavy atom. The zero-order chi connectivity index (χ0) is 13.8. The van der Waals surface area contributed by atoms with Gasteiger partial charge in [-0.05, 0) is 31.4 Å². The summed E-state index contributed by atoms with van der Waals surface area (Å²) in [4.78, 5) is 13.2. The molecule has 1 unspecified atom stereocenters. The predicted molar refractivity (Wildman–Crippen MR) is 75.3 cm³/mol. The second kappa shape index (κ2) is 6.26. The number of carbonyl (C=O) groups is 1. The van der Waals surface area contributed by atoms with E-state index in [0.29, 0.717) is 12.2 Å². The number of anilines is 1. The van der Waals surface area contributed by atoms with Gasteiger partial charge in [0.2, 0.25) is 0 Å². The van der Waals surface area contributed by atoms with E-state index in [9.17, 15) is 9.90 Å². The fraction of sp³-hybridized carbons (Fsp3) is 0.500. The molecule has 1 aliphatic heterocycles. The van der Waals surface area contributed by atoms with Crippen molar-refractivity contribution in [3.8, 4) is 0 Å². The first-order chi connectivity index (χ1) is 9.09. The molecule has 5 heteroatoms. The highest BCUT2D eigenvalue weighted by molar-refractivity contribution is 6.34. The maximum absolute atomic E-state index is 11.3. The van der Waals surface area contributed by atoms with Gasteiger partial charge in [-0.15, -0.1) is 0 Å². The fourth-order valence-corrected chi connectivity index (χ4v) is 2.65. The Labute approximate surface area is 117 Å². The summed E-state index contributed by atoms with van der Waals surface area (Å²) in [5.74, 6) is -1.00. The summed E-state index contributed by atoms with van der Waals surface area (Å²) in [6.45, 7) is 1.47. The molecule has 0 aliphatic carbocycles. The Kier molecular flexibility index (Phi) is 4.66. The Morgan fingerprint density at radius 2 is 2.32 bits per heavy atom. The van der Waals surface area contributed by atoms with Crippen molar-refractivity contribution in [1.82, 2.24) is 0 Å². The van der Waals surface area contributed by atoms with E-state index in [1.165, 1.54) is 6.42 Å². The monoisotopic (exact) mass is 283 g/mol. The molecule has 1 heterocycles. The minimum atomic E-state index is -1.00. The molecule has 0 bridgehead atoms. The van der Waals surface area contributed by atoms with Gasteiger partial charge in [0.1, 0.15) is 5.56 Å². The first-order valence-electron chi connectivity index (χ1n) is 6.44. The lowest BCUT2D eigenvalue weighted by atomic mass is 10.1. The normalized spacial score (nSPS) is 19.2. The smallest absolute Gasteiger partial charge is 0.339 e. The van der Waals surface area contributed by atoms with Gasteiger partial charge in [-0.25, -0.2) is 4.79 Å². The van der Waals surface area contributed by atoms with E-state index in [1.54, 1.807) is 18.2 Å². The molecule has 1 aromatic rings. The molecule has 1 aliphatic rings. The number of carboxylic acids is 1. The lowest BCUT2D eigenvalue weighted by Gasteiger charge is -2.29. The van der Waals surface area contributed by atoms with Gasteiger partial charge in [-0.1, -0.05) is 17.7 Å². The number of benzene rings is 1. The predicted octanol–water partition coefficient (Wildman–Crippen LogP) is 3.04. The number of rotatable bonds is 4. The molecule has 2 rings (SSSR count). The SMILES string of the molecule is CN(CC1CCCCO1)c1cccc(Cl)c1C(=O)O. The maximum Gasteiger partial charge on any atom is 0.339 e. The van der Waals surface area contributed by atoms with Gasteiger partial charge in [0, 0.05) is 20.2 Å². The van der Waals surface area contributed by atoms with Gasteiger partial charge < -0.3 is 14.7 Å². The van der Waals surface area contributed by atoms with Crippen LogP contribution in [0.2, 0.25) is 5.02 Å². The fourth-order valence-electron chi connectivity index (χ4n) is 2.40. The van der Waals surface area contributed by atoms with Gasteiger partial charge in [0.15, 0.2) is 0 Å². The number of hydrogen-bond donors (Lipinski definition) is 1. The van der Waals surface area contributed by atoms with Gasteiger partial charge in [0.05, 0.1) is 16.8 Å². The average Bonchev–Trinajstić information content (AvgIpc) is 2.39. The van der Waals surface area contributed by atoms with Crippen molar-refractivity contribution in [3.63, 3.8) is 0 Å². The van der Waals surface area contributed by atoms with Crippen LogP contribution in [0, 0.1) is 0 Å². The number of ether oxygens (including phenoxy) is 1. The van der Waals surface area contributed by atoms with E-state index >= 15 is 0 Å². The van der Waals surface area contributed by atoms with Crippen LogP contribution in [0.5, 0.6) is 0 Å². The third kappa shape index (κ3) is 3.39. The summed E-state index contributed by atoms with van der Waals surface area (Å²) >= 11 is 5.97. The average molecular weight is 284 g/mol. The molecule has 104 valence electrons. The Hall–Kier alpha value is -1.26. The second-order valence-electron chi connectivity index (χ2n) is 4.81. The molecule has 0 aromatic heterocycles. The highest BCUT2D eigenvalue weighted by Gasteiger charge is 2.21. The molecule has 0 radical (unpaired) electrons. The molecule has 0 spiro atoms. The minimum Gasteiger partial charge on any atom is -0.478 e. The Balaban J connectivity index is 2.16. The van der Waals surface area contributed by atoms with Crippen LogP contribution in [0.15, 0.2) is 18.2 Å². The lowest BCUT2D eigenvalue weighted by molar-refractivity contribution is 0.0215. The van der Waals surface area contributed by atoms with Crippen LogP contribution in [0.1, 0.15) is 29.6 Å². The number of nitrogens with zero attached hydrogens (tertiary/aromatic N) is 1. The second-order valence-corrected chi connectivity index (χ2v) is 5.22. The van der Waals surface area contributed by atoms with Crippen LogP contribution in [0.4, 0.5) is 5.69 Å². The van der Waals surface area contributed by atoms with Crippen molar-refractivity contribution in [2.75, 3.05) is 25.1 Å². The third-order valence-corrected chi connectivity index (χ3v) is 3.68. The van der Waals surface area contributed by atoms with Crippen molar-refractivity contribution in [1.29, 1.82) is 0 Å². The summed E-state index contributed by atoms with van der Waals surface area (Å²) in [5.41, 5.74) is 0.789. The zero-order valence-corrected chi connectivity index (χ0v) is 11.7. The van der Waals surface area contributed by atoms with Gasteiger partial charge in [-0.2, -0.15) is 0 Å². The number of halogens is 1. The van der Waals surface area contributed by atoms with Crippen molar-refractivity contribution in [3.05, 3.63) is 28.8 Å². The summed E-state index contributed by atoms with van der Waals surface area (Å²) in [5, 5.41) is 9.52. The van der Waals surface area contributed by atoms with Crippen LogP contribution in [0.3, 0.4) is 0 Å². The molecule has 19 heavy (non-hydrogen) atoms. The number of likely N-dealkylation sites (N-methyl/N-ethyl adjacent to an activating group) is 1. The standard InChI is InChI=1S/C14H18ClNO3/c1-16(9-10-5-2-3-8-19-10)12-7-4-6-11(15)13(12)14(17)18/h4,6-7,10H,2-3,5,8-9H2,1H3,(H,17,18). The van der Waals surface area contributed by atoms with Crippen molar-refractivity contribution < 1.29 is 14.6 Å². The summed E-state index contributed by atoms with van der Waals surface area (Å²) in [6, 6.07) is 5.14. The molecule has 4 nitrogen and oxygen atoms in total. The molecule has 1 aromatic carbocycles. The molecular weight excluding hydrogens is 266 g/mol. The van der Waals surface area contributed by atoms with E-state index in [-0.39, 0.29) is 16.7 Å². The quantitative estimate of drug-likeness (QED) is 0.923. The highest BCUT2D eigenvalue weighted by Crippen LogP contribution is 2.27. The Morgan fingerprint density at radius 3 is 2.95 bits per heavy atom. The first-order valence-corrected chi connectivity index (χ1v) is 6.82. The van der Waals surface area contributed by atoms with E-state index in [0.717, 1.165) is 19.4 Å².